The van der Waals surface area contributed by atoms with Gasteiger partial charge in [0, 0.05) is 13.2 Å². The van der Waals surface area contributed by atoms with Crippen LogP contribution in [0.15, 0.2) is 12.3 Å². The van der Waals surface area contributed by atoms with E-state index in [-0.39, 0.29) is 5.15 Å². The van der Waals surface area contributed by atoms with Crippen LogP contribution in [0, 0.1) is 0 Å². The van der Waals surface area contributed by atoms with Gasteiger partial charge in [-0.2, -0.15) is 0 Å². The van der Waals surface area contributed by atoms with E-state index >= 15 is 0 Å². The number of rotatable bonds is 3. The van der Waals surface area contributed by atoms with Crippen molar-refractivity contribution in [1.82, 2.24) is 4.98 Å². The summed E-state index contributed by atoms with van der Waals surface area (Å²) in [5.74, 6) is -0.402. The predicted molar refractivity (Wildman–Crippen MR) is 54.8 cm³/mol. The molecule has 0 saturated heterocycles. The van der Waals surface area contributed by atoms with Crippen molar-refractivity contribution in [1.29, 1.82) is 0 Å². The quantitative estimate of drug-likeness (QED) is 0.617. The van der Waals surface area contributed by atoms with Gasteiger partial charge in [-0.3, -0.25) is 0 Å². The van der Waals surface area contributed by atoms with Crippen molar-refractivity contribution < 1.29 is 9.53 Å². The smallest absolute Gasteiger partial charge is 0.340 e. The minimum absolute atomic E-state index is 0.262. The molecule has 0 unspecified atom stereocenters. The molecule has 5 heteroatoms. The normalized spacial score (nSPS) is 9.64. The lowest BCUT2D eigenvalue weighted by atomic mass is 10.2. The highest BCUT2D eigenvalue weighted by atomic mass is 35.5. The number of hydrogen-bond donors (Lipinski definition) is 1. The lowest BCUT2D eigenvalue weighted by Gasteiger charge is -2.08. The maximum Gasteiger partial charge on any atom is 0.340 e. The molecule has 1 N–H and O–H groups in total. The molecule has 1 aromatic heterocycles. The first-order valence-electron chi connectivity index (χ1n) is 4.20. The largest absolute Gasteiger partial charge is 0.462 e. The standard InChI is InChI=1S/C9H11ClN2O2/c1-3-14-9(13)6-4-5-12-8(10)7(6)11-2/h4-5,11H,3H2,1-2H3. The highest BCUT2D eigenvalue weighted by Crippen LogP contribution is 2.23. The molecule has 0 bridgehead atoms. The number of nitrogens with one attached hydrogen (secondary N) is 1. The lowest BCUT2D eigenvalue weighted by molar-refractivity contribution is 0.0527. The molecule has 4 nitrogen and oxygen atoms in total. The Morgan fingerprint density at radius 2 is 2.43 bits per heavy atom. The lowest BCUT2D eigenvalue weighted by Crippen LogP contribution is -2.08. The Balaban J connectivity index is 3.07. The number of hydrogen-bond acceptors (Lipinski definition) is 4. The fourth-order valence-electron chi connectivity index (χ4n) is 1.05. The predicted octanol–water partition coefficient (Wildman–Crippen LogP) is 1.95. The molecule has 1 rings (SSSR count). The number of nitrogens with zero attached hydrogens (tertiary/aromatic N) is 1. The molecule has 0 fully saturated rings. The molecule has 0 aromatic carbocycles. The third kappa shape index (κ3) is 2.14. The number of halogens is 1. The molecule has 0 atom stereocenters. The van der Waals surface area contributed by atoms with E-state index in [9.17, 15) is 4.79 Å². The van der Waals surface area contributed by atoms with E-state index in [4.69, 9.17) is 16.3 Å². The zero-order valence-electron chi connectivity index (χ0n) is 8.00. The third-order valence-corrected chi connectivity index (χ3v) is 1.94. The number of carbonyl (C=O) groups is 1. The number of carbonyl (C=O) groups excluding carboxylic acids is 1. The van der Waals surface area contributed by atoms with Crippen LogP contribution >= 0.6 is 11.6 Å². The molecule has 14 heavy (non-hydrogen) atoms. The summed E-state index contributed by atoms with van der Waals surface area (Å²) >= 11 is 5.79. The van der Waals surface area contributed by atoms with E-state index in [1.54, 1.807) is 20.0 Å². The van der Waals surface area contributed by atoms with E-state index in [2.05, 4.69) is 10.3 Å². The van der Waals surface area contributed by atoms with E-state index < -0.39 is 5.97 Å². The summed E-state index contributed by atoms with van der Waals surface area (Å²) in [7, 11) is 1.67. The molecule has 76 valence electrons. The van der Waals surface area contributed by atoms with Gasteiger partial charge in [0.15, 0.2) is 5.15 Å². The Kier molecular flexibility index (Phi) is 3.71. The number of anilines is 1. The minimum atomic E-state index is -0.402. The van der Waals surface area contributed by atoms with Gasteiger partial charge in [0.25, 0.3) is 0 Å². The average Bonchev–Trinajstić information content (AvgIpc) is 2.17. The maximum absolute atomic E-state index is 11.4. The van der Waals surface area contributed by atoms with Crippen molar-refractivity contribution in [2.45, 2.75) is 6.92 Å². The van der Waals surface area contributed by atoms with Crippen LogP contribution in [0.2, 0.25) is 5.15 Å². The van der Waals surface area contributed by atoms with Gasteiger partial charge in [-0.25, -0.2) is 9.78 Å². The molecule has 1 aromatic rings. The summed E-state index contributed by atoms with van der Waals surface area (Å²) in [6.07, 6.45) is 1.47. The van der Waals surface area contributed by atoms with Gasteiger partial charge in [0.1, 0.15) is 0 Å². The average molecular weight is 215 g/mol. The minimum Gasteiger partial charge on any atom is -0.462 e. The van der Waals surface area contributed by atoms with E-state index in [1.165, 1.54) is 6.20 Å². The summed E-state index contributed by atoms with van der Waals surface area (Å²) in [4.78, 5) is 15.3. The Morgan fingerprint density at radius 1 is 1.71 bits per heavy atom. The number of aromatic nitrogens is 1. The van der Waals surface area contributed by atoms with Crippen LogP contribution in [0.4, 0.5) is 5.69 Å². The van der Waals surface area contributed by atoms with Gasteiger partial charge in [-0.1, -0.05) is 11.6 Å². The van der Waals surface area contributed by atoms with Crippen LogP contribution in [0.25, 0.3) is 0 Å². The highest BCUT2D eigenvalue weighted by Gasteiger charge is 2.14. The van der Waals surface area contributed by atoms with Crippen molar-refractivity contribution in [3.05, 3.63) is 23.0 Å². The molecule has 0 saturated carbocycles. The Hall–Kier alpha value is -1.29. The van der Waals surface area contributed by atoms with Crippen molar-refractivity contribution in [2.75, 3.05) is 19.0 Å². The first kappa shape index (κ1) is 10.8. The summed E-state index contributed by atoms with van der Waals surface area (Å²) in [6.45, 7) is 2.08. The summed E-state index contributed by atoms with van der Waals surface area (Å²) in [5.41, 5.74) is 0.891. The van der Waals surface area contributed by atoms with Gasteiger partial charge in [0.2, 0.25) is 0 Å². The zero-order chi connectivity index (χ0) is 10.6. The number of ether oxygens (including phenoxy) is 1. The van der Waals surface area contributed by atoms with Crippen molar-refractivity contribution in [2.24, 2.45) is 0 Å². The molecule has 0 aliphatic carbocycles. The molecule has 0 aliphatic heterocycles. The SMILES string of the molecule is CCOC(=O)c1ccnc(Cl)c1NC. The molecule has 0 radical (unpaired) electrons. The topological polar surface area (TPSA) is 51.2 Å². The second-order valence-corrected chi connectivity index (χ2v) is 2.85. The first-order valence-corrected chi connectivity index (χ1v) is 4.57. The van der Waals surface area contributed by atoms with Crippen LogP contribution in [0.5, 0.6) is 0 Å². The second kappa shape index (κ2) is 4.81. The van der Waals surface area contributed by atoms with Gasteiger partial charge < -0.3 is 10.1 Å². The fraction of sp³-hybridized carbons (Fsp3) is 0.333. The van der Waals surface area contributed by atoms with Crippen LogP contribution in [-0.4, -0.2) is 24.6 Å². The third-order valence-electron chi connectivity index (χ3n) is 1.65. The van der Waals surface area contributed by atoms with Crippen molar-refractivity contribution in [3.8, 4) is 0 Å². The van der Waals surface area contributed by atoms with Crippen molar-refractivity contribution in [3.63, 3.8) is 0 Å². The van der Waals surface area contributed by atoms with Crippen LogP contribution in [0.3, 0.4) is 0 Å². The molecule has 0 amide bonds. The highest BCUT2D eigenvalue weighted by molar-refractivity contribution is 6.32. The number of esters is 1. The summed E-state index contributed by atoms with van der Waals surface area (Å²) in [5, 5.41) is 3.07. The fourth-order valence-corrected chi connectivity index (χ4v) is 1.31. The molecular formula is C9H11ClN2O2. The van der Waals surface area contributed by atoms with Gasteiger partial charge in [-0.15, -0.1) is 0 Å². The van der Waals surface area contributed by atoms with E-state index in [0.29, 0.717) is 17.9 Å². The van der Waals surface area contributed by atoms with Crippen LogP contribution in [0.1, 0.15) is 17.3 Å². The summed E-state index contributed by atoms with van der Waals surface area (Å²) in [6, 6.07) is 1.57. The summed E-state index contributed by atoms with van der Waals surface area (Å²) < 4.78 is 4.86. The first-order chi connectivity index (χ1) is 6.70. The van der Waals surface area contributed by atoms with Crippen molar-refractivity contribution >= 4 is 23.3 Å². The molecule has 1 heterocycles. The monoisotopic (exact) mass is 214 g/mol. The maximum atomic E-state index is 11.4. The number of pyridine rings is 1. The van der Waals surface area contributed by atoms with E-state index in [1.807, 2.05) is 0 Å². The van der Waals surface area contributed by atoms with E-state index in [0.717, 1.165) is 0 Å². The Bertz CT molecular complexity index is 342. The molecular weight excluding hydrogens is 204 g/mol. The molecule has 0 aliphatic rings. The van der Waals surface area contributed by atoms with Gasteiger partial charge in [-0.05, 0) is 13.0 Å². The zero-order valence-corrected chi connectivity index (χ0v) is 8.76. The van der Waals surface area contributed by atoms with Crippen LogP contribution in [-0.2, 0) is 4.74 Å². The second-order valence-electron chi connectivity index (χ2n) is 2.49. The molecule has 0 spiro atoms. The van der Waals surface area contributed by atoms with Gasteiger partial charge in [0.05, 0.1) is 17.9 Å². The Labute approximate surface area is 87.2 Å². The van der Waals surface area contributed by atoms with Crippen LogP contribution < -0.4 is 5.32 Å². The Morgan fingerprint density at radius 3 is 3.00 bits per heavy atom. The van der Waals surface area contributed by atoms with Gasteiger partial charge >= 0.3 is 5.97 Å².